The van der Waals surface area contributed by atoms with Gasteiger partial charge in [0.2, 0.25) is 0 Å². The summed E-state index contributed by atoms with van der Waals surface area (Å²) in [5, 5.41) is 13.1. The summed E-state index contributed by atoms with van der Waals surface area (Å²) in [6, 6.07) is 0. The number of aryl methyl sites for hydroxylation is 1. The number of nitrogens with zero attached hydrogens (tertiary/aromatic N) is 3. The molecule has 0 spiro atoms. The second-order valence-corrected chi connectivity index (χ2v) is 4.94. The highest BCUT2D eigenvalue weighted by molar-refractivity contribution is 5.19. The lowest BCUT2D eigenvalue weighted by Gasteiger charge is -2.17. The van der Waals surface area contributed by atoms with Gasteiger partial charge in [-0.15, -0.1) is 0 Å². The van der Waals surface area contributed by atoms with Gasteiger partial charge in [0.25, 0.3) is 0 Å². The van der Waals surface area contributed by atoms with Gasteiger partial charge in [0.15, 0.2) is 0 Å². The third-order valence-electron chi connectivity index (χ3n) is 2.78. The van der Waals surface area contributed by atoms with Crippen LogP contribution >= 0.6 is 0 Å². The van der Waals surface area contributed by atoms with Gasteiger partial charge in [-0.3, -0.25) is 9.58 Å². The molecule has 1 N–H and O–H groups in total. The summed E-state index contributed by atoms with van der Waals surface area (Å²) in [5.41, 5.74) is 2.44. The van der Waals surface area contributed by atoms with Crippen molar-refractivity contribution in [1.82, 2.24) is 14.7 Å². The van der Waals surface area contributed by atoms with Crippen LogP contribution in [-0.2, 0) is 18.3 Å². The predicted octanol–water partition coefficient (Wildman–Crippen LogP) is 0.984. The van der Waals surface area contributed by atoms with Gasteiger partial charge >= 0.3 is 0 Å². The molecule has 0 aliphatic rings. The minimum atomic E-state index is 0.0871. The predicted molar refractivity (Wildman–Crippen MR) is 71.5 cm³/mol. The molecule has 0 saturated heterocycles. The van der Waals surface area contributed by atoms with Crippen molar-refractivity contribution in [3.63, 3.8) is 0 Å². The Labute approximate surface area is 109 Å². The van der Waals surface area contributed by atoms with E-state index in [2.05, 4.69) is 37.1 Å². The Morgan fingerprint density at radius 2 is 2.17 bits per heavy atom. The van der Waals surface area contributed by atoms with Crippen LogP contribution in [0.1, 0.15) is 31.0 Å². The van der Waals surface area contributed by atoms with Gasteiger partial charge in [0.05, 0.1) is 25.5 Å². The average Bonchev–Trinajstić information content (AvgIpc) is 2.66. The van der Waals surface area contributed by atoms with Crippen molar-refractivity contribution in [1.29, 1.82) is 0 Å². The van der Waals surface area contributed by atoms with Crippen molar-refractivity contribution < 1.29 is 9.84 Å². The van der Waals surface area contributed by atoms with E-state index in [1.807, 2.05) is 11.7 Å². The quantitative estimate of drug-likeness (QED) is 0.704. The topological polar surface area (TPSA) is 50.5 Å². The summed E-state index contributed by atoms with van der Waals surface area (Å²) in [4.78, 5) is 2.21. The molecule has 0 aliphatic carbocycles. The fraction of sp³-hybridized carbons (Fsp3) is 0.769. The van der Waals surface area contributed by atoms with Crippen molar-refractivity contribution in [2.45, 2.75) is 26.3 Å². The van der Waals surface area contributed by atoms with E-state index >= 15 is 0 Å². The van der Waals surface area contributed by atoms with E-state index in [1.165, 1.54) is 11.3 Å². The molecule has 0 atom stereocenters. The first-order valence-corrected chi connectivity index (χ1v) is 6.44. The molecule has 1 aromatic heterocycles. The van der Waals surface area contributed by atoms with E-state index in [-0.39, 0.29) is 6.61 Å². The third kappa shape index (κ3) is 4.76. The smallest absolute Gasteiger partial charge is 0.0698 e. The van der Waals surface area contributed by atoms with Crippen LogP contribution in [0.4, 0.5) is 0 Å². The fourth-order valence-corrected chi connectivity index (χ4v) is 1.92. The second-order valence-electron chi connectivity index (χ2n) is 4.94. The first-order valence-electron chi connectivity index (χ1n) is 6.44. The number of aromatic nitrogens is 2. The van der Waals surface area contributed by atoms with Gasteiger partial charge in [-0.05, 0) is 13.0 Å². The molecule has 18 heavy (non-hydrogen) atoms. The Bertz CT molecular complexity index is 350. The molecule has 1 rings (SSSR count). The van der Waals surface area contributed by atoms with Crippen molar-refractivity contribution in [2.24, 2.45) is 7.05 Å². The Kier molecular flexibility index (Phi) is 6.32. The van der Waals surface area contributed by atoms with Gasteiger partial charge in [0.1, 0.15) is 0 Å². The van der Waals surface area contributed by atoms with E-state index in [0.717, 1.165) is 13.1 Å². The van der Waals surface area contributed by atoms with E-state index in [0.29, 0.717) is 19.1 Å². The van der Waals surface area contributed by atoms with Crippen LogP contribution in [0.25, 0.3) is 0 Å². The fourth-order valence-electron chi connectivity index (χ4n) is 1.92. The lowest BCUT2D eigenvalue weighted by molar-refractivity contribution is 0.0772. The molecular formula is C13H25N3O2. The molecule has 1 aromatic rings. The average molecular weight is 255 g/mol. The highest BCUT2D eigenvalue weighted by Gasteiger charge is 2.12. The van der Waals surface area contributed by atoms with Crippen molar-refractivity contribution in [3.8, 4) is 0 Å². The highest BCUT2D eigenvalue weighted by atomic mass is 16.5. The maximum absolute atomic E-state index is 8.62. The number of hydrogen-bond donors (Lipinski definition) is 1. The summed E-state index contributed by atoms with van der Waals surface area (Å²) < 4.78 is 7.14. The molecule has 0 bridgehead atoms. The van der Waals surface area contributed by atoms with Crippen molar-refractivity contribution >= 4 is 0 Å². The molecule has 0 amide bonds. The number of likely N-dealkylation sites (N-methyl/N-ethyl adjacent to an activating group) is 1. The van der Waals surface area contributed by atoms with E-state index in [1.54, 1.807) is 0 Å². The zero-order chi connectivity index (χ0) is 13.5. The largest absolute Gasteiger partial charge is 0.394 e. The number of hydrogen-bond acceptors (Lipinski definition) is 4. The molecule has 5 heteroatoms. The third-order valence-corrected chi connectivity index (χ3v) is 2.78. The highest BCUT2D eigenvalue weighted by Crippen LogP contribution is 2.18. The molecule has 104 valence electrons. The molecule has 1 heterocycles. The monoisotopic (exact) mass is 255 g/mol. The van der Waals surface area contributed by atoms with Crippen LogP contribution in [0.5, 0.6) is 0 Å². The van der Waals surface area contributed by atoms with Gasteiger partial charge < -0.3 is 9.84 Å². The van der Waals surface area contributed by atoms with E-state index in [9.17, 15) is 0 Å². The zero-order valence-corrected chi connectivity index (χ0v) is 11.9. The molecule has 0 unspecified atom stereocenters. The Balaban J connectivity index is 2.45. The first kappa shape index (κ1) is 15.1. The minimum Gasteiger partial charge on any atom is -0.394 e. The molecule has 0 aromatic carbocycles. The van der Waals surface area contributed by atoms with Gasteiger partial charge in [-0.2, -0.15) is 5.10 Å². The number of aliphatic hydroxyl groups excluding tert-OH is 1. The van der Waals surface area contributed by atoms with Crippen LogP contribution in [0.15, 0.2) is 6.20 Å². The van der Waals surface area contributed by atoms with E-state index in [4.69, 9.17) is 9.84 Å². The van der Waals surface area contributed by atoms with Gasteiger partial charge in [0, 0.05) is 31.9 Å². The maximum atomic E-state index is 8.62. The maximum Gasteiger partial charge on any atom is 0.0698 e. The summed E-state index contributed by atoms with van der Waals surface area (Å²) >= 11 is 0. The van der Waals surface area contributed by atoms with Crippen LogP contribution in [0.3, 0.4) is 0 Å². The molecule has 0 saturated carbocycles. The Morgan fingerprint density at radius 1 is 1.44 bits per heavy atom. The standard InChI is InChI=1S/C13H25N3O2/c1-11(2)13-12(10-16(4)14-13)9-15(3)5-7-18-8-6-17/h10-11,17H,5-9H2,1-4H3. The molecular weight excluding hydrogens is 230 g/mol. The lowest BCUT2D eigenvalue weighted by atomic mass is 10.1. The van der Waals surface area contributed by atoms with Crippen molar-refractivity contribution in [2.75, 3.05) is 33.4 Å². The molecule has 0 radical (unpaired) electrons. The number of ether oxygens (including phenoxy) is 1. The van der Waals surface area contributed by atoms with Crippen molar-refractivity contribution in [3.05, 3.63) is 17.5 Å². The number of aliphatic hydroxyl groups is 1. The van der Waals surface area contributed by atoms with Crippen LogP contribution in [0.2, 0.25) is 0 Å². The van der Waals surface area contributed by atoms with Crippen LogP contribution in [-0.4, -0.2) is 53.2 Å². The summed E-state index contributed by atoms with van der Waals surface area (Å²) in [6.45, 7) is 7.21. The SMILES string of the molecule is CC(C)c1nn(C)cc1CN(C)CCOCCO. The Morgan fingerprint density at radius 3 is 2.78 bits per heavy atom. The minimum absolute atomic E-state index is 0.0871. The Hall–Kier alpha value is -0.910. The van der Waals surface area contributed by atoms with Gasteiger partial charge in [-0.1, -0.05) is 13.8 Å². The van der Waals surface area contributed by atoms with Crippen LogP contribution < -0.4 is 0 Å². The molecule has 0 aliphatic heterocycles. The van der Waals surface area contributed by atoms with Crippen LogP contribution in [0, 0.1) is 0 Å². The summed E-state index contributed by atoms with van der Waals surface area (Å²) in [5.74, 6) is 0.445. The number of rotatable bonds is 8. The summed E-state index contributed by atoms with van der Waals surface area (Å²) in [7, 11) is 4.03. The molecule has 5 nitrogen and oxygen atoms in total. The normalized spacial score (nSPS) is 11.7. The second kappa shape index (κ2) is 7.51. The zero-order valence-electron chi connectivity index (χ0n) is 11.9. The first-order chi connectivity index (χ1) is 8.54. The van der Waals surface area contributed by atoms with Gasteiger partial charge in [-0.25, -0.2) is 0 Å². The lowest BCUT2D eigenvalue weighted by Crippen LogP contribution is -2.23. The molecule has 0 fully saturated rings. The van der Waals surface area contributed by atoms with E-state index < -0.39 is 0 Å². The summed E-state index contributed by atoms with van der Waals surface area (Å²) in [6.07, 6.45) is 2.08.